The Hall–Kier alpha value is -1.33. The van der Waals surface area contributed by atoms with E-state index in [0.29, 0.717) is 0 Å². The van der Waals surface area contributed by atoms with Gasteiger partial charge in [-0.2, -0.15) is 0 Å². The average molecular weight is 275 g/mol. The molecule has 108 valence electrons. The quantitative estimate of drug-likeness (QED) is 0.795. The van der Waals surface area contributed by atoms with Gasteiger partial charge in [0.1, 0.15) is 11.4 Å². The predicted octanol–water partition coefficient (Wildman–Crippen LogP) is 3.04. The van der Waals surface area contributed by atoms with Crippen LogP contribution in [0.25, 0.3) is 6.08 Å². The van der Waals surface area contributed by atoms with E-state index in [-0.39, 0.29) is 18.3 Å². The molecule has 0 aromatic carbocycles. The summed E-state index contributed by atoms with van der Waals surface area (Å²) < 4.78 is 17.1. The fraction of sp³-hybridized carbons (Fsp3) is 0.533. The summed E-state index contributed by atoms with van der Waals surface area (Å²) in [7, 11) is 1.27. The number of aryl methyl sites for hydroxylation is 1. The summed E-state index contributed by atoms with van der Waals surface area (Å²) in [5, 5.41) is 0. The molecule has 0 radical (unpaired) electrons. The molecule has 5 heteroatoms. The zero-order valence-electron chi connectivity index (χ0n) is 13.1. The van der Waals surface area contributed by atoms with Gasteiger partial charge in [0.25, 0.3) is 0 Å². The van der Waals surface area contributed by atoms with Crippen molar-refractivity contribution >= 4 is 13.2 Å². The molecule has 2 heterocycles. The minimum atomic E-state index is -0.369. The van der Waals surface area contributed by atoms with Gasteiger partial charge in [-0.3, -0.25) is 0 Å². The van der Waals surface area contributed by atoms with E-state index >= 15 is 0 Å². The zero-order valence-corrected chi connectivity index (χ0v) is 13.1. The molecule has 2 rings (SSSR count). The largest absolute Gasteiger partial charge is 0.494 e. The maximum Gasteiger partial charge on any atom is 0.487 e. The second-order valence-electron chi connectivity index (χ2n) is 6.02. The minimum Gasteiger partial charge on any atom is -0.494 e. The molecule has 1 aromatic rings. The van der Waals surface area contributed by atoms with E-state index in [1.807, 2.05) is 58.8 Å². The molecule has 20 heavy (non-hydrogen) atoms. The lowest BCUT2D eigenvalue weighted by molar-refractivity contribution is 0.00578. The average Bonchev–Trinajstić information content (AvgIpc) is 2.55. The molecule has 0 unspecified atom stereocenters. The lowest BCUT2D eigenvalue weighted by atomic mass is 9.89. The smallest absolute Gasteiger partial charge is 0.487 e. The van der Waals surface area contributed by atoms with Gasteiger partial charge in [-0.15, -0.1) is 0 Å². The van der Waals surface area contributed by atoms with Gasteiger partial charge in [-0.25, -0.2) is 4.98 Å². The second-order valence-corrected chi connectivity index (χ2v) is 6.02. The van der Waals surface area contributed by atoms with Crippen molar-refractivity contribution in [2.24, 2.45) is 0 Å². The molecule has 0 amide bonds. The van der Waals surface area contributed by atoms with Crippen molar-refractivity contribution in [1.82, 2.24) is 4.98 Å². The molecule has 1 aliphatic heterocycles. The zero-order chi connectivity index (χ0) is 15.0. The Balaban J connectivity index is 2.17. The summed E-state index contributed by atoms with van der Waals surface area (Å²) in [6.45, 7) is 10.1. The van der Waals surface area contributed by atoms with Crippen molar-refractivity contribution in [3.63, 3.8) is 0 Å². The summed E-state index contributed by atoms with van der Waals surface area (Å²) in [6.07, 6.45) is 1.88. The molecular formula is C15H22BNO3. The normalized spacial score (nSPS) is 20.6. The highest BCUT2D eigenvalue weighted by Crippen LogP contribution is 2.37. The topological polar surface area (TPSA) is 40.6 Å². The molecule has 0 atom stereocenters. The highest BCUT2D eigenvalue weighted by atomic mass is 16.7. The SMILES string of the molecule is COc1ccc(C)nc1/C=C/B1OC(C)(C)C(C)(C)O1. The Morgan fingerprint density at radius 1 is 1.15 bits per heavy atom. The number of methoxy groups -OCH3 is 1. The summed E-state index contributed by atoms with van der Waals surface area (Å²) in [5.41, 5.74) is 1.07. The highest BCUT2D eigenvalue weighted by molar-refractivity contribution is 6.52. The van der Waals surface area contributed by atoms with E-state index in [1.54, 1.807) is 7.11 Å². The Labute approximate surface area is 121 Å². The van der Waals surface area contributed by atoms with Crippen LogP contribution < -0.4 is 4.74 Å². The first-order valence-electron chi connectivity index (χ1n) is 6.81. The van der Waals surface area contributed by atoms with Crippen molar-refractivity contribution in [2.45, 2.75) is 45.8 Å². The molecule has 0 bridgehead atoms. The van der Waals surface area contributed by atoms with E-state index in [1.165, 1.54) is 0 Å². The first-order valence-corrected chi connectivity index (χ1v) is 6.81. The van der Waals surface area contributed by atoms with E-state index in [2.05, 4.69) is 4.98 Å². The highest BCUT2D eigenvalue weighted by Gasteiger charge is 2.50. The van der Waals surface area contributed by atoms with E-state index in [9.17, 15) is 0 Å². The molecule has 0 spiro atoms. The fourth-order valence-electron chi connectivity index (χ4n) is 1.99. The van der Waals surface area contributed by atoms with Crippen LogP contribution in [0.1, 0.15) is 39.1 Å². The van der Waals surface area contributed by atoms with Crippen LogP contribution in [-0.2, 0) is 9.31 Å². The van der Waals surface area contributed by atoms with Crippen LogP contribution >= 0.6 is 0 Å². The molecule has 0 aliphatic carbocycles. The van der Waals surface area contributed by atoms with Gasteiger partial charge in [-0.1, -0.05) is 5.98 Å². The second kappa shape index (κ2) is 5.22. The van der Waals surface area contributed by atoms with Crippen molar-refractivity contribution in [3.05, 3.63) is 29.5 Å². The van der Waals surface area contributed by atoms with Gasteiger partial charge in [0.2, 0.25) is 0 Å². The third-order valence-electron chi connectivity index (χ3n) is 3.93. The van der Waals surface area contributed by atoms with E-state index in [4.69, 9.17) is 14.0 Å². The molecule has 0 saturated carbocycles. The molecule has 4 nitrogen and oxygen atoms in total. The number of rotatable bonds is 3. The summed E-state index contributed by atoms with van der Waals surface area (Å²) >= 11 is 0. The molecular weight excluding hydrogens is 253 g/mol. The van der Waals surface area contributed by atoms with Crippen LogP contribution in [0.4, 0.5) is 0 Å². The first-order chi connectivity index (χ1) is 9.25. The van der Waals surface area contributed by atoms with Crippen molar-refractivity contribution in [3.8, 4) is 5.75 Å². The molecule has 1 fully saturated rings. The van der Waals surface area contributed by atoms with E-state index in [0.717, 1.165) is 17.1 Å². The summed E-state index contributed by atoms with van der Waals surface area (Å²) in [4.78, 5) is 4.45. The van der Waals surface area contributed by atoms with Gasteiger partial charge < -0.3 is 14.0 Å². The van der Waals surface area contributed by atoms with Crippen LogP contribution in [0.3, 0.4) is 0 Å². The third-order valence-corrected chi connectivity index (χ3v) is 3.93. The number of aromatic nitrogens is 1. The number of hydrogen-bond acceptors (Lipinski definition) is 4. The number of ether oxygens (including phenoxy) is 1. The lowest BCUT2D eigenvalue weighted by Crippen LogP contribution is -2.41. The third kappa shape index (κ3) is 2.89. The van der Waals surface area contributed by atoms with Crippen LogP contribution in [0.5, 0.6) is 5.75 Å². The number of pyridine rings is 1. The van der Waals surface area contributed by atoms with Crippen molar-refractivity contribution < 1.29 is 14.0 Å². The standard InChI is InChI=1S/C15H22BNO3/c1-11-7-8-13(18-6)12(17-11)9-10-16-19-14(2,3)15(4,5)20-16/h7-10H,1-6H3/b10-9+. The molecule has 1 saturated heterocycles. The maximum atomic E-state index is 5.91. The van der Waals surface area contributed by atoms with E-state index < -0.39 is 0 Å². The fourth-order valence-corrected chi connectivity index (χ4v) is 1.99. The van der Waals surface area contributed by atoms with Gasteiger partial charge >= 0.3 is 7.12 Å². The van der Waals surface area contributed by atoms with Crippen molar-refractivity contribution in [1.29, 1.82) is 0 Å². The summed E-state index contributed by atoms with van der Waals surface area (Å²) in [6, 6.07) is 3.83. The van der Waals surface area contributed by atoms with Crippen LogP contribution in [-0.4, -0.2) is 30.4 Å². The Morgan fingerprint density at radius 3 is 2.30 bits per heavy atom. The minimum absolute atomic E-state index is 0.327. The van der Waals surface area contributed by atoms with Crippen LogP contribution in [0.15, 0.2) is 18.1 Å². The molecule has 1 aromatic heterocycles. The Kier molecular flexibility index (Phi) is 3.94. The number of nitrogens with zero attached hydrogens (tertiary/aromatic N) is 1. The van der Waals surface area contributed by atoms with Crippen LogP contribution in [0, 0.1) is 6.92 Å². The Bertz CT molecular complexity index is 510. The maximum absolute atomic E-state index is 5.91. The van der Waals surface area contributed by atoms with Gasteiger partial charge in [0.05, 0.1) is 18.3 Å². The molecule has 0 N–H and O–H groups in total. The Morgan fingerprint density at radius 2 is 1.75 bits per heavy atom. The van der Waals surface area contributed by atoms with Gasteiger partial charge in [-0.05, 0) is 52.8 Å². The summed E-state index contributed by atoms with van der Waals surface area (Å²) in [5.74, 6) is 2.62. The lowest BCUT2D eigenvalue weighted by Gasteiger charge is -2.32. The van der Waals surface area contributed by atoms with Crippen LogP contribution in [0.2, 0.25) is 0 Å². The van der Waals surface area contributed by atoms with Gasteiger partial charge in [0.15, 0.2) is 0 Å². The first kappa shape index (κ1) is 15.1. The monoisotopic (exact) mass is 275 g/mol. The predicted molar refractivity (Wildman–Crippen MR) is 80.6 cm³/mol. The number of hydrogen-bond donors (Lipinski definition) is 0. The molecule has 1 aliphatic rings. The van der Waals surface area contributed by atoms with Crippen molar-refractivity contribution in [2.75, 3.05) is 7.11 Å². The van der Waals surface area contributed by atoms with Gasteiger partial charge in [0, 0.05) is 5.69 Å².